The molecule has 0 radical (unpaired) electrons. The lowest BCUT2D eigenvalue weighted by atomic mass is 10.1. The molecule has 1 atom stereocenters. The molecule has 88 valence electrons. The third kappa shape index (κ3) is 2.68. The molecule has 0 saturated carbocycles. The Kier molecular flexibility index (Phi) is 3.13. The Morgan fingerprint density at radius 1 is 1.50 bits per heavy atom. The van der Waals surface area contributed by atoms with E-state index < -0.39 is 15.2 Å². The van der Waals surface area contributed by atoms with E-state index in [1.807, 2.05) is 18.2 Å². The number of fused-ring (bicyclic) bond motifs is 1. The number of sulfone groups is 1. The Bertz CT molecular complexity index is 496. The first-order valence-corrected chi connectivity index (χ1v) is 7.53. The van der Waals surface area contributed by atoms with Gasteiger partial charge in [0.1, 0.15) is 15.6 Å². The van der Waals surface area contributed by atoms with Crippen molar-refractivity contribution in [3.8, 4) is 5.75 Å². The molecule has 0 aromatic heterocycles. The number of alkyl halides is 1. The van der Waals surface area contributed by atoms with Crippen LogP contribution < -0.4 is 4.74 Å². The van der Waals surface area contributed by atoms with E-state index in [-0.39, 0.29) is 5.75 Å². The molecule has 0 amide bonds. The van der Waals surface area contributed by atoms with Gasteiger partial charge < -0.3 is 4.74 Å². The number of benzene rings is 1. The predicted octanol–water partition coefficient (Wildman–Crippen LogP) is 1.95. The van der Waals surface area contributed by atoms with E-state index in [0.717, 1.165) is 23.3 Å². The van der Waals surface area contributed by atoms with Crippen molar-refractivity contribution in [3.63, 3.8) is 0 Å². The molecular weight excluding hydrogens is 248 g/mol. The summed E-state index contributed by atoms with van der Waals surface area (Å²) >= 11 is 6.07. The Balaban J connectivity index is 2.21. The molecule has 0 bridgehead atoms. The van der Waals surface area contributed by atoms with Gasteiger partial charge in [-0.1, -0.05) is 12.1 Å². The smallest absolute Gasteiger partial charge is 0.149 e. The van der Waals surface area contributed by atoms with Gasteiger partial charge in [-0.15, -0.1) is 11.6 Å². The van der Waals surface area contributed by atoms with Crippen LogP contribution in [0.2, 0.25) is 0 Å². The molecule has 1 aliphatic heterocycles. The van der Waals surface area contributed by atoms with Crippen LogP contribution in [0, 0.1) is 0 Å². The zero-order valence-electron chi connectivity index (χ0n) is 8.94. The fourth-order valence-corrected chi connectivity index (χ4v) is 3.31. The molecule has 0 N–H and O–H groups in total. The Labute approximate surface area is 100 Å². The summed E-state index contributed by atoms with van der Waals surface area (Å²) in [5.74, 6) is 0.848. The molecule has 1 aromatic rings. The summed E-state index contributed by atoms with van der Waals surface area (Å²) in [6.45, 7) is 0.692. The van der Waals surface area contributed by atoms with E-state index in [9.17, 15) is 8.42 Å². The molecule has 0 spiro atoms. The standard InChI is InChI=1S/C11H13ClO3S/c1-16(13,14)7-10(12)8-2-3-11-9(6-8)4-5-15-11/h2-3,6,10H,4-5,7H2,1H3. The number of hydrogen-bond acceptors (Lipinski definition) is 3. The topological polar surface area (TPSA) is 43.4 Å². The summed E-state index contributed by atoms with van der Waals surface area (Å²) in [6.07, 6.45) is 2.06. The van der Waals surface area contributed by atoms with Crippen molar-refractivity contribution in [3.05, 3.63) is 29.3 Å². The summed E-state index contributed by atoms with van der Waals surface area (Å²) in [5.41, 5.74) is 1.95. The highest BCUT2D eigenvalue weighted by Crippen LogP contribution is 2.30. The highest BCUT2D eigenvalue weighted by molar-refractivity contribution is 7.90. The minimum Gasteiger partial charge on any atom is -0.493 e. The third-order valence-electron chi connectivity index (χ3n) is 2.52. The van der Waals surface area contributed by atoms with E-state index in [1.54, 1.807) is 0 Å². The minimum atomic E-state index is -3.05. The van der Waals surface area contributed by atoms with Gasteiger partial charge in [-0.05, 0) is 17.2 Å². The van der Waals surface area contributed by atoms with Gasteiger partial charge in [-0.25, -0.2) is 8.42 Å². The second-order valence-corrected chi connectivity index (χ2v) is 6.74. The lowest BCUT2D eigenvalue weighted by Gasteiger charge is -2.09. The average molecular weight is 261 g/mol. The van der Waals surface area contributed by atoms with Crippen LogP contribution >= 0.6 is 11.6 Å². The Morgan fingerprint density at radius 3 is 2.94 bits per heavy atom. The zero-order valence-corrected chi connectivity index (χ0v) is 10.5. The van der Waals surface area contributed by atoms with Crippen LogP contribution in [0.3, 0.4) is 0 Å². The Morgan fingerprint density at radius 2 is 2.25 bits per heavy atom. The van der Waals surface area contributed by atoms with Gasteiger partial charge in [0.15, 0.2) is 0 Å². The van der Waals surface area contributed by atoms with E-state index in [2.05, 4.69) is 0 Å². The minimum absolute atomic E-state index is 0.0335. The molecule has 1 aliphatic rings. The maximum atomic E-state index is 11.1. The number of hydrogen-bond donors (Lipinski definition) is 0. The second kappa shape index (κ2) is 4.26. The Hall–Kier alpha value is -0.740. The summed E-state index contributed by atoms with van der Waals surface area (Å²) in [5, 5.41) is -0.485. The summed E-state index contributed by atoms with van der Waals surface area (Å²) in [4.78, 5) is 0. The first-order valence-electron chi connectivity index (χ1n) is 5.03. The molecule has 0 aliphatic carbocycles. The number of rotatable bonds is 3. The third-order valence-corrected chi connectivity index (χ3v) is 4.05. The molecule has 5 heteroatoms. The zero-order chi connectivity index (χ0) is 11.8. The molecule has 0 saturated heterocycles. The van der Waals surface area contributed by atoms with Crippen LogP contribution in [0.25, 0.3) is 0 Å². The molecule has 3 nitrogen and oxygen atoms in total. The molecular formula is C11H13ClO3S. The van der Waals surface area contributed by atoms with Crippen molar-refractivity contribution in [1.82, 2.24) is 0 Å². The van der Waals surface area contributed by atoms with E-state index in [4.69, 9.17) is 16.3 Å². The fourth-order valence-electron chi connectivity index (χ4n) is 1.76. The summed E-state index contributed by atoms with van der Waals surface area (Å²) in [6, 6.07) is 5.62. The van der Waals surface area contributed by atoms with Crippen molar-refractivity contribution in [2.24, 2.45) is 0 Å². The summed E-state index contributed by atoms with van der Waals surface area (Å²) < 4.78 is 27.7. The molecule has 1 heterocycles. The molecule has 2 rings (SSSR count). The van der Waals surface area contributed by atoms with E-state index in [0.29, 0.717) is 6.61 Å². The quantitative estimate of drug-likeness (QED) is 0.781. The van der Waals surface area contributed by atoms with Gasteiger partial charge in [0.2, 0.25) is 0 Å². The predicted molar refractivity (Wildman–Crippen MR) is 63.9 cm³/mol. The van der Waals surface area contributed by atoms with Crippen LogP contribution in [-0.4, -0.2) is 27.0 Å². The van der Waals surface area contributed by atoms with Crippen molar-refractivity contribution in [2.75, 3.05) is 18.6 Å². The average Bonchev–Trinajstić information content (AvgIpc) is 2.61. The first kappa shape index (κ1) is 11.7. The van der Waals surface area contributed by atoms with E-state index >= 15 is 0 Å². The van der Waals surface area contributed by atoms with Crippen LogP contribution in [0.5, 0.6) is 5.75 Å². The SMILES string of the molecule is CS(=O)(=O)CC(Cl)c1ccc2c(c1)CCO2. The van der Waals surface area contributed by atoms with Crippen molar-refractivity contribution in [2.45, 2.75) is 11.8 Å². The lowest BCUT2D eigenvalue weighted by molar-refractivity contribution is 0.357. The molecule has 1 aromatic carbocycles. The van der Waals surface area contributed by atoms with Crippen molar-refractivity contribution in [1.29, 1.82) is 0 Å². The second-order valence-electron chi connectivity index (χ2n) is 4.03. The van der Waals surface area contributed by atoms with Crippen LogP contribution in [0.1, 0.15) is 16.5 Å². The molecule has 1 unspecified atom stereocenters. The van der Waals surface area contributed by atoms with Gasteiger partial charge >= 0.3 is 0 Å². The van der Waals surface area contributed by atoms with Crippen LogP contribution in [0.15, 0.2) is 18.2 Å². The first-order chi connectivity index (χ1) is 7.46. The van der Waals surface area contributed by atoms with Gasteiger partial charge in [0.05, 0.1) is 17.7 Å². The molecule has 16 heavy (non-hydrogen) atoms. The van der Waals surface area contributed by atoms with Gasteiger partial charge in [0, 0.05) is 12.7 Å². The largest absolute Gasteiger partial charge is 0.493 e. The maximum Gasteiger partial charge on any atom is 0.149 e. The highest BCUT2D eigenvalue weighted by atomic mass is 35.5. The number of ether oxygens (including phenoxy) is 1. The summed E-state index contributed by atoms with van der Waals surface area (Å²) in [7, 11) is -3.05. The van der Waals surface area contributed by atoms with Gasteiger partial charge in [-0.2, -0.15) is 0 Å². The lowest BCUT2D eigenvalue weighted by Crippen LogP contribution is -2.09. The van der Waals surface area contributed by atoms with Crippen LogP contribution in [0.4, 0.5) is 0 Å². The van der Waals surface area contributed by atoms with Crippen molar-refractivity contribution < 1.29 is 13.2 Å². The van der Waals surface area contributed by atoms with Gasteiger partial charge in [-0.3, -0.25) is 0 Å². The molecule has 0 fully saturated rings. The number of halogens is 1. The van der Waals surface area contributed by atoms with E-state index in [1.165, 1.54) is 6.26 Å². The highest BCUT2D eigenvalue weighted by Gasteiger charge is 2.18. The van der Waals surface area contributed by atoms with Crippen LogP contribution in [-0.2, 0) is 16.3 Å². The normalized spacial score (nSPS) is 16.6. The van der Waals surface area contributed by atoms with Gasteiger partial charge in [0.25, 0.3) is 0 Å². The maximum absolute atomic E-state index is 11.1. The fraction of sp³-hybridized carbons (Fsp3) is 0.455. The monoisotopic (exact) mass is 260 g/mol. The van der Waals surface area contributed by atoms with Crippen molar-refractivity contribution >= 4 is 21.4 Å².